The fourth-order valence-corrected chi connectivity index (χ4v) is 8.02. The van der Waals surface area contributed by atoms with Gasteiger partial charge < -0.3 is 9.64 Å². The van der Waals surface area contributed by atoms with Gasteiger partial charge in [0.15, 0.2) is 11.6 Å². The lowest BCUT2D eigenvalue weighted by Gasteiger charge is -2.49. The zero-order chi connectivity index (χ0) is 28.3. The van der Waals surface area contributed by atoms with Gasteiger partial charge in [0.05, 0.1) is 4.47 Å². The first-order valence-corrected chi connectivity index (χ1v) is 15.4. The molecule has 0 aromatic heterocycles. The number of Topliss-reactive ketones (excluding diaryl/α,β-unsaturated/α-hetero) is 2. The molecule has 0 N–H and O–H groups in total. The molecule has 7 heteroatoms. The third-order valence-electron chi connectivity index (χ3n) is 8.02. The molecule has 0 fully saturated rings. The van der Waals surface area contributed by atoms with E-state index >= 15 is 0 Å². The monoisotopic (exact) mass is 673 g/mol. The van der Waals surface area contributed by atoms with E-state index in [0.29, 0.717) is 23.6 Å². The van der Waals surface area contributed by atoms with E-state index in [-0.39, 0.29) is 29.0 Å². The number of halogens is 3. The molecule has 0 spiro atoms. The Bertz CT molecular complexity index is 1380. The first kappa shape index (κ1) is 28.6. The average molecular weight is 676 g/mol. The molecule has 5 rings (SSSR count). The minimum atomic E-state index is -0.486. The Balaban J connectivity index is 1.74. The van der Waals surface area contributed by atoms with Crippen LogP contribution in [0.1, 0.15) is 77.3 Å². The maximum absolute atomic E-state index is 14.0. The second-order valence-electron chi connectivity index (χ2n) is 12.5. The Morgan fingerprint density at radius 2 is 1.49 bits per heavy atom. The normalized spacial score (nSPS) is 20.8. The van der Waals surface area contributed by atoms with Crippen LogP contribution in [0.3, 0.4) is 0 Å². The third kappa shape index (κ3) is 5.41. The number of benzene rings is 2. The lowest BCUT2D eigenvalue weighted by Crippen LogP contribution is -2.44. The van der Waals surface area contributed by atoms with Crippen LogP contribution in [0.15, 0.2) is 67.9 Å². The first-order valence-electron chi connectivity index (χ1n) is 13.5. The van der Waals surface area contributed by atoms with Gasteiger partial charge >= 0.3 is 0 Å². The summed E-state index contributed by atoms with van der Waals surface area (Å²) in [5.41, 5.74) is 4.99. The van der Waals surface area contributed by atoms with E-state index in [0.717, 1.165) is 62.0 Å². The SMILES string of the molecule is CCN1C2=C(C(=O)CC(C)(C)C2)C(c2cc(Br)cc(Br)c2OCc2ccccc2Cl)C2=C1CC(C)(C)CC2=O. The van der Waals surface area contributed by atoms with Gasteiger partial charge in [-0.3, -0.25) is 9.59 Å². The predicted molar refractivity (Wildman–Crippen MR) is 163 cm³/mol. The molecule has 1 aliphatic heterocycles. The Morgan fingerprint density at radius 1 is 0.923 bits per heavy atom. The second-order valence-corrected chi connectivity index (χ2v) is 14.6. The summed E-state index contributed by atoms with van der Waals surface area (Å²) in [4.78, 5) is 30.3. The molecular formula is C32H34Br2ClNO3. The molecule has 39 heavy (non-hydrogen) atoms. The van der Waals surface area contributed by atoms with Crippen molar-refractivity contribution in [2.75, 3.05) is 6.54 Å². The van der Waals surface area contributed by atoms with E-state index in [1.165, 1.54) is 0 Å². The average Bonchev–Trinajstić information content (AvgIpc) is 2.81. The summed E-state index contributed by atoms with van der Waals surface area (Å²) in [6, 6.07) is 11.6. The maximum Gasteiger partial charge on any atom is 0.162 e. The number of hydrogen-bond donors (Lipinski definition) is 0. The van der Waals surface area contributed by atoms with Crippen molar-refractivity contribution in [1.29, 1.82) is 0 Å². The second kappa shape index (κ2) is 10.5. The molecule has 0 unspecified atom stereocenters. The molecule has 2 aromatic carbocycles. The fourth-order valence-electron chi connectivity index (χ4n) is 6.45. The Labute approximate surface area is 253 Å². The van der Waals surface area contributed by atoms with Gasteiger partial charge in [-0.2, -0.15) is 0 Å². The number of carbonyl (C=O) groups is 2. The summed E-state index contributed by atoms with van der Waals surface area (Å²) < 4.78 is 8.08. The number of allylic oxidation sites excluding steroid dienone is 4. The number of ketones is 2. The third-order valence-corrected chi connectivity index (χ3v) is 9.43. The van der Waals surface area contributed by atoms with Crippen molar-refractivity contribution in [2.45, 2.75) is 72.8 Å². The van der Waals surface area contributed by atoms with E-state index in [1.54, 1.807) is 0 Å². The van der Waals surface area contributed by atoms with Crippen molar-refractivity contribution >= 4 is 55.0 Å². The molecule has 1 heterocycles. The van der Waals surface area contributed by atoms with E-state index in [9.17, 15) is 9.59 Å². The van der Waals surface area contributed by atoms with Gasteiger partial charge in [0.25, 0.3) is 0 Å². The summed E-state index contributed by atoms with van der Waals surface area (Å²) in [7, 11) is 0. The van der Waals surface area contributed by atoms with Crippen LogP contribution in [-0.4, -0.2) is 23.0 Å². The van der Waals surface area contributed by atoms with Crippen molar-refractivity contribution in [2.24, 2.45) is 10.8 Å². The van der Waals surface area contributed by atoms with Crippen LogP contribution in [0.5, 0.6) is 5.75 Å². The highest BCUT2D eigenvalue weighted by Gasteiger charge is 2.49. The van der Waals surface area contributed by atoms with Gasteiger partial charge in [-0.25, -0.2) is 0 Å². The van der Waals surface area contributed by atoms with Gasteiger partial charge in [-0.15, -0.1) is 0 Å². The van der Waals surface area contributed by atoms with Crippen LogP contribution in [0.4, 0.5) is 0 Å². The lowest BCUT2D eigenvalue weighted by atomic mass is 9.63. The van der Waals surface area contributed by atoms with Crippen LogP contribution in [0.25, 0.3) is 0 Å². The van der Waals surface area contributed by atoms with E-state index in [4.69, 9.17) is 16.3 Å². The molecule has 0 atom stereocenters. The van der Waals surface area contributed by atoms with E-state index in [2.05, 4.69) is 71.4 Å². The van der Waals surface area contributed by atoms with Crippen LogP contribution in [0, 0.1) is 10.8 Å². The lowest BCUT2D eigenvalue weighted by molar-refractivity contribution is -0.119. The smallest absolute Gasteiger partial charge is 0.162 e. The van der Waals surface area contributed by atoms with Crippen molar-refractivity contribution < 1.29 is 14.3 Å². The standard InChI is InChI=1S/C32H34Br2ClNO3/c1-6-36-23-13-31(2,3)15-25(37)28(23)27(29-24(36)14-32(4,5)16-26(29)38)20-11-19(33)12-21(34)30(20)39-17-18-9-7-8-10-22(18)35/h7-12,27H,6,13-17H2,1-5H3. The quantitative estimate of drug-likeness (QED) is 0.317. The molecule has 0 saturated carbocycles. The summed E-state index contributed by atoms with van der Waals surface area (Å²) in [5, 5.41) is 0.632. The summed E-state index contributed by atoms with van der Waals surface area (Å²) in [6.45, 7) is 11.7. The summed E-state index contributed by atoms with van der Waals surface area (Å²) >= 11 is 13.8. The minimum Gasteiger partial charge on any atom is -0.487 e. The highest BCUT2D eigenvalue weighted by molar-refractivity contribution is 9.11. The summed E-state index contributed by atoms with van der Waals surface area (Å²) in [6.07, 6.45) is 2.48. The van der Waals surface area contributed by atoms with Crippen LogP contribution in [-0.2, 0) is 16.2 Å². The molecule has 0 amide bonds. The highest BCUT2D eigenvalue weighted by atomic mass is 79.9. The zero-order valence-corrected chi connectivity index (χ0v) is 27.0. The maximum atomic E-state index is 14.0. The molecule has 0 bridgehead atoms. The van der Waals surface area contributed by atoms with Crippen molar-refractivity contribution in [3.63, 3.8) is 0 Å². The molecule has 206 valence electrons. The highest BCUT2D eigenvalue weighted by Crippen LogP contribution is 2.56. The number of ether oxygens (including phenoxy) is 1. The number of nitrogens with zero attached hydrogens (tertiary/aromatic N) is 1. The molecule has 4 nitrogen and oxygen atoms in total. The Kier molecular flexibility index (Phi) is 7.71. The number of hydrogen-bond acceptors (Lipinski definition) is 4. The van der Waals surface area contributed by atoms with Gasteiger partial charge in [0.1, 0.15) is 12.4 Å². The predicted octanol–water partition coefficient (Wildman–Crippen LogP) is 9.15. The number of carbonyl (C=O) groups excluding carboxylic acids is 2. The fraction of sp³-hybridized carbons (Fsp3) is 0.438. The van der Waals surface area contributed by atoms with Gasteiger partial charge in [0.2, 0.25) is 0 Å². The molecule has 0 saturated heterocycles. The van der Waals surface area contributed by atoms with Gasteiger partial charge in [0, 0.05) is 68.5 Å². The first-order chi connectivity index (χ1) is 18.3. The molecule has 0 radical (unpaired) electrons. The van der Waals surface area contributed by atoms with Crippen molar-refractivity contribution in [3.05, 3.63) is 84.0 Å². The van der Waals surface area contributed by atoms with Gasteiger partial charge in [-0.05, 0) is 64.7 Å². The zero-order valence-electron chi connectivity index (χ0n) is 23.1. The van der Waals surface area contributed by atoms with Crippen LogP contribution >= 0.6 is 43.5 Å². The summed E-state index contributed by atoms with van der Waals surface area (Å²) in [5.74, 6) is 0.367. The van der Waals surface area contributed by atoms with Crippen LogP contribution < -0.4 is 4.74 Å². The molecule has 3 aliphatic rings. The van der Waals surface area contributed by atoms with Gasteiger partial charge in [-0.1, -0.05) is 73.4 Å². The number of rotatable bonds is 5. The molecular weight excluding hydrogens is 642 g/mol. The molecule has 2 aromatic rings. The Hall–Kier alpha value is -1.89. The minimum absolute atomic E-state index is 0.113. The van der Waals surface area contributed by atoms with Crippen molar-refractivity contribution in [1.82, 2.24) is 4.90 Å². The van der Waals surface area contributed by atoms with Crippen molar-refractivity contribution in [3.8, 4) is 5.75 Å². The van der Waals surface area contributed by atoms with E-state index in [1.807, 2.05) is 36.4 Å². The van der Waals surface area contributed by atoms with Crippen LogP contribution in [0.2, 0.25) is 5.02 Å². The Morgan fingerprint density at radius 3 is 2.03 bits per heavy atom. The largest absolute Gasteiger partial charge is 0.487 e. The molecule has 2 aliphatic carbocycles. The van der Waals surface area contributed by atoms with E-state index < -0.39 is 5.92 Å². The topological polar surface area (TPSA) is 46.6 Å².